The Morgan fingerprint density at radius 1 is 1.35 bits per heavy atom. The van der Waals surface area contributed by atoms with E-state index in [1.165, 1.54) is 0 Å². The average molecular weight is 340 g/mol. The van der Waals surface area contributed by atoms with Gasteiger partial charge in [0.15, 0.2) is 0 Å². The normalized spacial score (nSPS) is 17.1. The maximum absolute atomic E-state index is 12.2. The second-order valence-electron chi connectivity index (χ2n) is 5.95. The number of methoxy groups -OCH3 is 1. The van der Waals surface area contributed by atoms with Crippen molar-refractivity contribution in [1.82, 2.24) is 9.80 Å². The predicted molar refractivity (Wildman–Crippen MR) is 92.7 cm³/mol. The Kier molecular flexibility index (Phi) is 6.69. The lowest BCUT2D eigenvalue weighted by Crippen LogP contribution is -2.52. The van der Waals surface area contributed by atoms with Crippen LogP contribution in [-0.4, -0.2) is 55.0 Å². The fraction of sp³-hybridized carbons (Fsp3) is 0.588. The molecular formula is C17H26ClN3O2. The first-order chi connectivity index (χ1) is 11.0. The van der Waals surface area contributed by atoms with Crippen molar-refractivity contribution < 1.29 is 9.53 Å². The highest BCUT2D eigenvalue weighted by Crippen LogP contribution is 2.24. The molecule has 0 aliphatic carbocycles. The van der Waals surface area contributed by atoms with Gasteiger partial charge in [0, 0.05) is 43.3 Å². The first kappa shape index (κ1) is 18.0. The number of nitrogens with zero attached hydrogens (tertiary/aromatic N) is 2. The molecule has 0 aromatic heterocycles. The highest BCUT2D eigenvalue weighted by molar-refractivity contribution is 6.30. The highest BCUT2D eigenvalue weighted by atomic mass is 35.5. The smallest absolute Gasteiger partial charge is 0.239 e. The van der Waals surface area contributed by atoms with Crippen LogP contribution < -0.4 is 10.5 Å². The number of nitrogens with two attached hydrogens (primary N) is 1. The summed E-state index contributed by atoms with van der Waals surface area (Å²) in [4.78, 5) is 16.4. The van der Waals surface area contributed by atoms with E-state index in [1.807, 2.05) is 30.0 Å². The molecule has 1 aliphatic heterocycles. The molecule has 23 heavy (non-hydrogen) atoms. The number of ether oxygens (including phenoxy) is 1. The van der Waals surface area contributed by atoms with Crippen LogP contribution in [0, 0.1) is 0 Å². The average Bonchev–Trinajstić information content (AvgIpc) is 2.55. The van der Waals surface area contributed by atoms with Gasteiger partial charge >= 0.3 is 0 Å². The molecule has 1 aliphatic rings. The molecule has 5 nitrogen and oxygen atoms in total. The molecular weight excluding hydrogens is 314 g/mol. The second kappa shape index (κ2) is 8.52. The van der Waals surface area contributed by atoms with Crippen molar-refractivity contribution in [3.8, 4) is 5.75 Å². The number of rotatable bonds is 6. The largest absolute Gasteiger partial charge is 0.496 e. The Hall–Kier alpha value is -1.30. The first-order valence-electron chi connectivity index (χ1n) is 8.14. The summed E-state index contributed by atoms with van der Waals surface area (Å²) in [6, 6.07) is 5.30. The lowest BCUT2D eigenvalue weighted by Gasteiger charge is -2.36. The summed E-state index contributed by atoms with van der Waals surface area (Å²) in [7, 11) is 1.67. The molecule has 128 valence electrons. The summed E-state index contributed by atoms with van der Waals surface area (Å²) in [5.74, 6) is 0.921. The predicted octanol–water partition coefficient (Wildman–Crippen LogP) is 2.12. The molecule has 1 saturated heterocycles. The molecule has 1 heterocycles. The Balaban J connectivity index is 1.90. The van der Waals surface area contributed by atoms with Crippen LogP contribution in [0.5, 0.6) is 5.75 Å². The van der Waals surface area contributed by atoms with Gasteiger partial charge < -0.3 is 15.4 Å². The molecule has 1 unspecified atom stereocenters. The number of carbonyl (C=O) groups excluding carboxylic acids is 1. The molecule has 1 aromatic carbocycles. The highest BCUT2D eigenvalue weighted by Gasteiger charge is 2.25. The van der Waals surface area contributed by atoms with Gasteiger partial charge in [0.1, 0.15) is 5.75 Å². The second-order valence-corrected chi connectivity index (χ2v) is 6.39. The molecule has 1 amide bonds. The molecule has 2 N–H and O–H groups in total. The van der Waals surface area contributed by atoms with Crippen LogP contribution in [0.1, 0.15) is 25.3 Å². The van der Waals surface area contributed by atoms with Crippen LogP contribution in [0.2, 0.25) is 5.02 Å². The number of piperazine rings is 1. The van der Waals surface area contributed by atoms with Crippen molar-refractivity contribution in [3.63, 3.8) is 0 Å². The lowest BCUT2D eigenvalue weighted by atomic mass is 10.1. The van der Waals surface area contributed by atoms with E-state index in [0.717, 1.165) is 56.9 Å². The SMILES string of the molecule is CCCC(N)C(=O)N1CCN(Cc2cc(Cl)ccc2OC)CC1. The zero-order valence-corrected chi connectivity index (χ0v) is 14.7. The fourth-order valence-corrected chi connectivity index (χ4v) is 3.10. The van der Waals surface area contributed by atoms with E-state index in [0.29, 0.717) is 5.02 Å². The molecule has 0 radical (unpaired) electrons. The van der Waals surface area contributed by atoms with Gasteiger partial charge in [-0.1, -0.05) is 24.9 Å². The summed E-state index contributed by atoms with van der Waals surface area (Å²) >= 11 is 6.08. The Morgan fingerprint density at radius 3 is 2.65 bits per heavy atom. The van der Waals surface area contributed by atoms with Gasteiger partial charge in [-0.15, -0.1) is 0 Å². The third-order valence-electron chi connectivity index (χ3n) is 4.24. The number of halogens is 1. The molecule has 6 heteroatoms. The van der Waals surface area contributed by atoms with E-state index in [4.69, 9.17) is 22.1 Å². The van der Waals surface area contributed by atoms with Crippen LogP contribution >= 0.6 is 11.6 Å². The van der Waals surface area contributed by atoms with E-state index in [1.54, 1.807) is 7.11 Å². The summed E-state index contributed by atoms with van der Waals surface area (Å²) in [5, 5.41) is 0.708. The zero-order valence-electron chi connectivity index (χ0n) is 13.9. The topological polar surface area (TPSA) is 58.8 Å². The Labute approximate surface area is 143 Å². The first-order valence-corrected chi connectivity index (χ1v) is 8.52. The van der Waals surface area contributed by atoms with Crippen LogP contribution in [-0.2, 0) is 11.3 Å². The van der Waals surface area contributed by atoms with Gasteiger partial charge in [0.25, 0.3) is 0 Å². The van der Waals surface area contributed by atoms with E-state index in [9.17, 15) is 4.79 Å². The van der Waals surface area contributed by atoms with Crippen molar-refractivity contribution in [2.45, 2.75) is 32.4 Å². The summed E-state index contributed by atoms with van der Waals surface area (Å²) < 4.78 is 5.39. The number of benzene rings is 1. The van der Waals surface area contributed by atoms with E-state index >= 15 is 0 Å². The van der Waals surface area contributed by atoms with Crippen molar-refractivity contribution in [1.29, 1.82) is 0 Å². The summed E-state index contributed by atoms with van der Waals surface area (Å²) in [6.45, 7) is 5.93. The molecule has 0 saturated carbocycles. The third-order valence-corrected chi connectivity index (χ3v) is 4.47. The van der Waals surface area contributed by atoms with Crippen LogP contribution in [0.3, 0.4) is 0 Å². The Morgan fingerprint density at radius 2 is 2.04 bits per heavy atom. The maximum atomic E-state index is 12.2. The van der Waals surface area contributed by atoms with Gasteiger partial charge in [-0.3, -0.25) is 9.69 Å². The number of carbonyl (C=O) groups is 1. The van der Waals surface area contributed by atoms with Crippen molar-refractivity contribution in [3.05, 3.63) is 28.8 Å². The summed E-state index contributed by atoms with van der Waals surface area (Å²) in [6.07, 6.45) is 1.68. The standard InChI is InChI=1S/C17H26ClN3O2/c1-3-4-15(19)17(22)21-9-7-20(8-10-21)12-13-11-14(18)5-6-16(13)23-2/h5-6,11,15H,3-4,7-10,12,19H2,1-2H3. The molecule has 0 bridgehead atoms. The van der Waals surface area contributed by atoms with E-state index in [-0.39, 0.29) is 11.9 Å². The van der Waals surface area contributed by atoms with Gasteiger partial charge in [-0.05, 0) is 24.6 Å². The lowest BCUT2D eigenvalue weighted by molar-refractivity contribution is -0.134. The molecule has 1 fully saturated rings. The fourth-order valence-electron chi connectivity index (χ4n) is 2.91. The van der Waals surface area contributed by atoms with E-state index in [2.05, 4.69) is 4.90 Å². The number of hydrogen-bond donors (Lipinski definition) is 1. The van der Waals surface area contributed by atoms with Gasteiger partial charge in [0.05, 0.1) is 13.2 Å². The third kappa shape index (κ3) is 4.83. The van der Waals surface area contributed by atoms with Crippen molar-refractivity contribution in [2.24, 2.45) is 5.73 Å². The minimum absolute atomic E-state index is 0.0758. The maximum Gasteiger partial charge on any atom is 0.239 e. The molecule has 2 rings (SSSR count). The van der Waals surface area contributed by atoms with Crippen molar-refractivity contribution in [2.75, 3.05) is 33.3 Å². The minimum atomic E-state index is -0.362. The van der Waals surface area contributed by atoms with Crippen LogP contribution in [0.25, 0.3) is 0 Å². The monoisotopic (exact) mass is 339 g/mol. The number of amides is 1. The van der Waals surface area contributed by atoms with Crippen LogP contribution in [0.4, 0.5) is 0 Å². The molecule has 0 spiro atoms. The molecule has 1 aromatic rings. The van der Waals surface area contributed by atoms with Gasteiger partial charge in [0.2, 0.25) is 5.91 Å². The Bertz CT molecular complexity index is 531. The van der Waals surface area contributed by atoms with Gasteiger partial charge in [-0.2, -0.15) is 0 Å². The number of hydrogen-bond acceptors (Lipinski definition) is 4. The molecule has 1 atom stereocenters. The van der Waals surface area contributed by atoms with Gasteiger partial charge in [-0.25, -0.2) is 0 Å². The zero-order chi connectivity index (χ0) is 16.8. The minimum Gasteiger partial charge on any atom is -0.496 e. The van der Waals surface area contributed by atoms with E-state index < -0.39 is 0 Å². The quantitative estimate of drug-likeness (QED) is 0.862. The van der Waals surface area contributed by atoms with Crippen molar-refractivity contribution >= 4 is 17.5 Å². The summed E-state index contributed by atoms with van der Waals surface area (Å²) in [5.41, 5.74) is 7.01. The van der Waals surface area contributed by atoms with Crippen LogP contribution in [0.15, 0.2) is 18.2 Å².